The Bertz CT molecular complexity index is 447. The molecule has 2 heterocycles. The van der Waals surface area contributed by atoms with Crippen molar-refractivity contribution in [2.45, 2.75) is 13.5 Å². The highest BCUT2D eigenvalue weighted by molar-refractivity contribution is 5.42. The molecule has 0 radical (unpaired) electrons. The first-order valence-electron chi connectivity index (χ1n) is 5.16. The molecule has 15 heavy (non-hydrogen) atoms. The molecular weight excluding hydrogens is 188 g/mol. The van der Waals surface area contributed by atoms with Gasteiger partial charge in [-0.1, -0.05) is 6.07 Å². The predicted molar refractivity (Wildman–Crippen MR) is 60.7 cm³/mol. The van der Waals surface area contributed by atoms with Gasteiger partial charge in [0.05, 0.1) is 11.4 Å². The standard InChI is InChI=1S/C11H16N4/c1-9-10(8-13-6-5-12)15-7-3-2-4-11(15)14-9/h2-4,7,13H,5-6,8,12H2,1H3. The van der Waals surface area contributed by atoms with Crippen LogP contribution in [0.25, 0.3) is 5.65 Å². The first-order valence-corrected chi connectivity index (χ1v) is 5.16. The van der Waals surface area contributed by atoms with Crippen molar-refractivity contribution in [2.75, 3.05) is 13.1 Å². The summed E-state index contributed by atoms with van der Waals surface area (Å²) in [7, 11) is 0. The lowest BCUT2D eigenvalue weighted by Crippen LogP contribution is -2.22. The molecule has 2 aromatic heterocycles. The molecule has 0 unspecified atom stereocenters. The number of hydrogen-bond acceptors (Lipinski definition) is 3. The van der Waals surface area contributed by atoms with Gasteiger partial charge in [0, 0.05) is 25.8 Å². The second-order valence-corrected chi connectivity index (χ2v) is 3.54. The van der Waals surface area contributed by atoms with Crippen molar-refractivity contribution in [3.63, 3.8) is 0 Å². The fourth-order valence-electron chi connectivity index (χ4n) is 1.69. The normalized spacial score (nSPS) is 11.1. The molecular formula is C11H16N4. The van der Waals surface area contributed by atoms with Crippen LogP contribution >= 0.6 is 0 Å². The zero-order valence-electron chi connectivity index (χ0n) is 8.90. The molecule has 0 aliphatic carbocycles. The van der Waals surface area contributed by atoms with Crippen LogP contribution in [-0.4, -0.2) is 22.5 Å². The molecule has 0 aromatic carbocycles. The Morgan fingerprint density at radius 2 is 2.33 bits per heavy atom. The number of rotatable bonds is 4. The van der Waals surface area contributed by atoms with Crippen LogP contribution in [0.4, 0.5) is 0 Å². The van der Waals surface area contributed by atoms with Crippen molar-refractivity contribution in [3.8, 4) is 0 Å². The van der Waals surface area contributed by atoms with E-state index in [0.29, 0.717) is 6.54 Å². The Morgan fingerprint density at radius 1 is 1.47 bits per heavy atom. The molecule has 4 nitrogen and oxygen atoms in total. The number of imidazole rings is 1. The molecule has 0 aliphatic rings. The van der Waals surface area contributed by atoms with Crippen molar-refractivity contribution in [2.24, 2.45) is 5.73 Å². The molecule has 0 saturated heterocycles. The van der Waals surface area contributed by atoms with E-state index in [9.17, 15) is 0 Å². The van der Waals surface area contributed by atoms with Gasteiger partial charge in [-0.3, -0.25) is 0 Å². The van der Waals surface area contributed by atoms with E-state index in [0.717, 1.165) is 24.4 Å². The Kier molecular flexibility index (Phi) is 2.99. The summed E-state index contributed by atoms with van der Waals surface area (Å²) in [5, 5.41) is 3.28. The van der Waals surface area contributed by atoms with Crippen LogP contribution in [0.1, 0.15) is 11.4 Å². The zero-order valence-corrected chi connectivity index (χ0v) is 8.90. The fraction of sp³-hybridized carbons (Fsp3) is 0.364. The molecule has 0 bridgehead atoms. The number of aryl methyl sites for hydroxylation is 1. The molecule has 80 valence electrons. The van der Waals surface area contributed by atoms with Crippen molar-refractivity contribution in [1.29, 1.82) is 0 Å². The van der Waals surface area contributed by atoms with Gasteiger partial charge in [-0.25, -0.2) is 4.98 Å². The van der Waals surface area contributed by atoms with Crippen LogP contribution in [-0.2, 0) is 6.54 Å². The topological polar surface area (TPSA) is 55.3 Å². The molecule has 2 rings (SSSR count). The largest absolute Gasteiger partial charge is 0.329 e. The van der Waals surface area contributed by atoms with Gasteiger partial charge in [-0.05, 0) is 19.1 Å². The second-order valence-electron chi connectivity index (χ2n) is 3.54. The minimum atomic E-state index is 0.662. The van der Waals surface area contributed by atoms with E-state index >= 15 is 0 Å². The van der Waals surface area contributed by atoms with E-state index in [1.54, 1.807) is 0 Å². The van der Waals surface area contributed by atoms with Crippen LogP contribution in [0.5, 0.6) is 0 Å². The fourth-order valence-corrected chi connectivity index (χ4v) is 1.69. The Balaban J connectivity index is 2.28. The molecule has 0 aliphatic heterocycles. The third kappa shape index (κ3) is 2.00. The van der Waals surface area contributed by atoms with Crippen LogP contribution in [0.3, 0.4) is 0 Å². The number of fused-ring (bicyclic) bond motifs is 1. The minimum Gasteiger partial charge on any atom is -0.329 e. The molecule has 2 aromatic rings. The summed E-state index contributed by atoms with van der Waals surface area (Å²) in [4.78, 5) is 4.48. The predicted octanol–water partition coefficient (Wildman–Crippen LogP) is 0.691. The monoisotopic (exact) mass is 204 g/mol. The number of nitrogens with one attached hydrogen (secondary N) is 1. The van der Waals surface area contributed by atoms with E-state index in [1.807, 2.05) is 31.3 Å². The van der Waals surface area contributed by atoms with Crippen molar-refractivity contribution < 1.29 is 0 Å². The molecule has 0 atom stereocenters. The van der Waals surface area contributed by atoms with Gasteiger partial charge in [-0.2, -0.15) is 0 Å². The number of nitrogens with two attached hydrogens (primary N) is 1. The minimum absolute atomic E-state index is 0.662. The van der Waals surface area contributed by atoms with Crippen LogP contribution < -0.4 is 11.1 Å². The Morgan fingerprint density at radius 3 is 3.13 bits per heavy atom. The highest BCUT2D eigenvalue weighted by atomic mass is 15.0. The summed E-state index contributed by atoms with van der Waals surface area (Å²) in [5.74, 6) is 0. The van der Waals surface area contributed by atoms with E-state index in [1.165, 1.54) is 5.69 Å². The Labute approximate surface area is 89.1 Å². The van der Waals surface area contributed by atoms with Gasteiger partial charge in [0.2, 0.25) is 0 Å². The molecule has 0 fully saturated rings. The summed E-state index contributed by atoms with van der Waals surface area (Å²) >= 11 is 0. The lowest BCUT2D eigenvalue weighted by atomic mass is 10.3. The summed E-state index contributed by atoms with van der Waals surface area (Å²) < 4.78 is 2.11. The van der Waals surface area contributed by atoms with Crippen molar-refractivity contribution in [3.05, 3.63) is 35.8 Å². The number of aromatic nitrogens is 2. The maximum Gasteiger partial charge on any atom is 0.137 e. The summed E-state index contributed by atoms with van der Waals surface area (Å²) in [6.45, 7) is 4.34. The average Bonchev–Trinajstić information content (AvgIpc) is 2.56. The maximum atomic E-state index is 5.43. The van der Waals surface area contributed by atoms with Crippen LogP contribution in [0.2, 0.25) is 0 Å². The van der Waals surface area contributed by atoms with E-state index < -0.39 is 0 Å². The first kappa shape index (κ1) is 10.1. The zero-order chi connectivity index (χ0) is 10.7. The third-order valence-electron chi connectivity index (χ3n) is 2.44. The SMILES string of the molecule is Cc1nc2ccccn2c1CNCCN. The van der Waals surface area contributed by atoms with Gasteiger partial charge in [0.15, 0.2) is 0 Å². The first-order chi connectivity index (χ1) is 7.33. The number of pyridine rings is 1. The molecule has 0 amide bonds. The quantitative estimate of drug-likeness (QED) is 0.720. The van der Waals surface area contributed by atoms with Crippen LogP contribution in [0.15, 0.2) is 24.4 Å². The smallest absolute Gasteiger partial charge is 0.137 e. The van der Waals surface area contributed by atoms with Gasteiger partial charge in [0.1, 0.15) is 5.65 Å². The Hall–Kier alpha value is -1.39. The average molecular weight is 204 g/mol. The highest BCUT2D eigenvalue weighted by Gasteiger charge is 2.06. The third-order valence-corrected chi connectivity index (χ3v) is 2.44. The lowest BCUT2D eigenvalue weighted by molar-refractivity contribution is 0.675. The van der Waals surface area contributed by atoms with Gasteiger partial charge in [-0.15, -0.1) is 0 Å². The van der Waals surface area contributed by atoms with Gasteiger partial charge >= 0.3 is 0 Å². The second kappa shape index (κ2) is 4.42. The van der Waals surface area contributed by atoms with Crippen molar-refractivity contribution >= 4 is 5.65 Å². The number of nitrogens with zero attached hydrogens (tertiary/aromatic N) is 2. The van der Waals surface area contributed by atoms with E-state index in [4.69, 9.17) is 5.73 Å². The van der Waals surface area contributed by atoms with E-state index in [-0.39, 0.29) is 0 Å². The lowest BCUT2D eigenvalue weighted by Gasteiger charge is -2.04. The molecule has 0 saturated carbocycles. The summed E-state index contributed by atoms with van der Waals surface area (Å²) in [6, 6.07) is 6.03. The maximum absolute atomic E-state index is 5.43. The molecule has 4 heteroatoms. The summed E-state index contributed by atoms with van der Waals surface area (Å²) in [5.41, 5.74) is 8.72. The molecule has 0 spiro atoms. The number of hydrogen-bond donors (Lipinski definition) is 2. The van der Waals surface area contributed by atoms with Crippen molar-refractivity contribution in [1.82, 2.24) is 14.7 Å². The van der Waals surface area contributed by atoms with Gasteiger partial charge < -0.3 is 15.5 Å². The highest BCUT2D eigenvalue weighted by Crippen LogP contribution is 2.10. The van der Waals surface area contributed by atoms with E-state index in [2.05, 4.69) is 14.7 Å². The van der Waals surface area contributed by atoms with Gasteiger partial charge in [0.25, 0.3) is 0 Å². The van der Waals surface area contributed by atoms with Crippen LogP contribution in [0, 0.1) is 6.92 Å². The summed E-state index contributed by atoms with van der Waals surface area (Å²) in [6.07, 6.45) is 2.04. The molecule has 3 N–H and O–H groups in total.